The zero-order valence-electron chi connectivity index (χ0n) is 9.67. The number of nitrogens with zero attached hydrogens (tertiary/aromatic N) is 2. The second-order valence-electron chi connectivity index (χ2n) is 3.99. The molecule has 88 valence electrons. The maximum atomic E-state index is 5.67. The van der Waals surface area contributed by atoms with Crippen LogP contribution in [0.15, 0.2) is 55.0 Å². The Morgan fingerprint density at radius 1 is 0.944 bits per heavy atom. The lowest BCUT2D eigenvalue weighted by atomic mass is 10.2. The molecule has 3 N–H and O–H groups in total. The molecule has 2 heterocycles. The normalized spacial score (nSPS) is 10.4. The molecule has 0 aliphatic rings. The highest BCUT2D eigenvalue weighted by molar-refractivity contribution is 5.63. The Kier molecular flexibility index (Phi) is 2.53. The first kappa shape index (κ1) is 10.5. The maximum absolute atomic E-state index is 5.67. The molecule has 0 saturated heterocycles. The summed E-state index contributed by atoms with van der Waals surface area (Å²) in [5, 5.41) is 0. The number of hydrogen-bond donors (Lipinski definition) is 2. The summed E-state index contributed by atoms with van der Waals surface area (Å²) >= 11 is 0. The highest BCUT2D eigenvalue weighted by Gasteiger charge is 2.04. The number of rotatable bonds is 2. The van der Waals surface area contributed by atoms with Gasteiger partial charge in [-0.25, -0.2) is 9.97 Å². The minimum absolute atomic E-state index is 0.703. The number of aromatic amines is 1. The number of anilines is 1. The lowest BCUT2D eigenvalue weighted by Crippen LogP contribution is -1.91. The lowest BCUT2D eigenvalue weighted by Gasteiger charge is -2.02. The molecule has 1 aromatic carbocycles. The van der Waals surface area contributed by atoms with Crippen LogP contribution in [0.2, 0.25) is 0 Å². The van der Waals surface area contributed by atoms with E-state index in [1.165, 1.54) is 0 Å². The Balaban J connectivity index is 2.03. The fraction of sp³-hybridized carbons (Fsp3) is 0. The predicted octanol–water partition coefficient (Wildman–Crippen LogP) is 2.72. The van der Waals surface area contributed by atoms with Crippen molar-refractivity contribution in [3.05, 3.63) is 55.0 Å². The molecule has 0 fully saturated rings. The van der Waals surface area contributed by atoms with Gasteiger partial charge in [-0.1, -0.05) is 0 Å². The van der Waals surface area contributed by atoms with Crippen LogP contribution in [0.3, 0.4) is 0 Å². The molecule has 0 amide bonds. The predicted molar refractivity (Wildman–Crippen MR) is 71.7 cm³/mol. The number of benzene rings is 1. The Morgan fingerprint density at radius 3 is 2.50 bits per heavy atom. The summed E-state index contributed by atoms with van der Waals surface area (Å²) in [5.41, 5.74) is 9.31. The van der Waals surface area contributed by atoms with Crippen LogP contribution in [0.5, 0.6) is 0 Å². The van der Waals surface area contributed by atoms with E-state index in [1.54, 1.807) is 6.20 Å². The van der Waals surface area contributed by atoms with E-state index in [0.29, 0.717) is 5.82 Å². The molecule has 0 radical (unpaired) electrons. The summed E-state index contributed by atoms with van der Waals surface area (Å²) in [4.78, 5) is 11.8. The van der Waals surface area contributed by atoms with Crippen molar-refractivity contribution in [2.45, 2.75) is 0 Å². The molecule has 4 heteroatoms. The van der Waals surface area contributed by atoms with Gasteiger partial charge in [-0.2, -0.15) is 0 Å². The zero-order chi connectivity index (χ0) is 12.4. The van der Waals surface area contributed by atoms with E-state index in [0.717, 1.165) is 22.5 Å². The van der Waals surface area contributed by atoms with Gasteiger partial charge in [0.15, 0.2) is 5.82 Å². The highest BCUT2D eigenvalue weighted by atomic mass is 14.9. The molecule has 0 unspecified atom stereocenters. The molecular formula is C14H12N4. The zero-order valence-corrected chi connectivity index (χ0v) is 9.67. The van der Waals surface area contributed by atoms with Gasteiger partial charge in [-0.15, -0.1) is 0 Å². The van der Waals surface area contributed by atoms with Gasteiger partial charge >= 0.3 is 0 Å². The van der Waals surface area contributed by atoms with Crippen molar-refractivity contribution in [1.82, 2.24) is 15.0 Å². The van der Waals surface area contributed by atoms with Crippen LogP contribution in [-0.2, 0) is 0 Å². The fourth-order valence-electron chi connectivity index (χ4n) is 1.77. The molecule has 4 nitrogen and oxygen atoms in total. The molecule has 0 aliphatic carbocycles. The second-order valence-corrected chi connectivity index (χ2v) is 3.99. The van der Waals surface area contributed by atoms with Crippen LogP contribution < -0.4 is 5.73 Å². The molecule has 2 aromatic heterocycles. The standard InChI is InChI=1S/C14H12N4/c15-12-3-1-10(2-4-12)14-17-8-6-13(18-14)11-5-7-16-9-11/h1-9,16H,15H2. The average Bonchev–Trinajstić information content (AvgIpc) is 2.94. The number of aromatic nitrogens is 3. The topological polar surface area (TPSA) is 67.6 Å². The van der Waals surface area contributed by atoms with Crippen molar-refractivity contribution < 1.29 is 0 Å². The van der Waals surface area contributed by atoms with Crippen molar-refractivity contribution in [1.29, 1.82) is 0 Å². The van der Waals surface area contributed by atoms with Gasteiger partial charge in [0.1, 0.15) is 0 Å². The van der Waals surface area contributed by atoms with Gasteiger partial charge in [-0.05, 0) is 36.4 Å². The van der Waals surface area contributed by atoms with E-state index >= 15 is 0 Å². The summed E-state index contributed by atoms with van der Waals surface area (Å²) in [6.07, 6.45) is 5.55. The molecule has 3 rings (SSSR count). The SMILES string of the molecule is Nc1ccc(-c2nccc(-c3cc[nH]c3)n2)cc1. The van der Waals surface area contributed by atoms with Crippen LogP contribution in [-0.4, -0.2) is 15.0 Å². The summed E-state index contributed by atoms with van der Waals surface area (Å²) in [6.45, 7) is 0. The van der Waals surface area contributed by atoms with Crippen LogP contribution in [0.1, 0.15) is 0 Å². The summed E-state index contributed by atoms with van der Waals surface area (Å²) in [6, 6.07) is 11.4. The van der Waals surface area contributed by atoms with Crippen LogP contribution in [0.25, 0.3) is 22.6 Å². The quantitative estimate of drug-likeness (QED) is 0.672. The second kappa shape index (κ2) is 4.33. The largest absolute Gasteiger partial charge is 0.399 e. The highest BCUT2D eigenvalue weighted by Crippen LogP contribution is 2.20. The van der Waals surface area contributed by atoms with Crippen molar-refractivity contribution in [2.75, 3.05) is 5.73 Å². The van der Waals surface area contributed by atoms with Crippen LogP contribution >= 0.6 is 0 Å². The molecule has 18 heavy (non-hydrogen) atoms. The molecule has 0 saturated carbocycles. The van der Waals surface area contributed by atoms with E-state index in [9.17, 15) is 0 Å². The third-order valence-corrected chi connectivity index (χ3v) is 2.72. The molecule has 3 aromatic rings. The van der Waals surface area contributed by atoms with E-state index in [4.69, 9.17) is 5.73 Å². The van der Waals surface area contributed by atoms with Crippen molar-refractivity contribution in [3.63, 3.8) is 0 Å². The van der Waals surface area contributed by atoms with Gasteiger partial charge in [0.05, 0.1) is 5.69 Å². The first-order chi connectivity index (χ1) is 8.83. The number of nitrogens with one attached hydrogen (secondary N) is 1. The Labute approximate surface area is 105 Å². The Hall–Kier alpha value is -2.62. The molecule has 0 atom stereocenters. The number of H-pyrrole nitrogens is 1. The summed E-state index contributed by atoms with van der Waals surface area (Å²) in [7, 11) is 0. The monoisotopic (exact) mass is 236 g/mol. The van der Waals surface area contributed by atoms with E-state index in [-0.39, 0.29) is 0 Å². The average molecular weight is 236 g/mol. The van der Waals surface area contributed by atoms with E-state index < -0.39 is 0 Å². The molecule has 0 bridgehead atoms. The third-order valence-electron chi connectivity index (χ3n) is 2.72. The first-order valence-electron chi connectivity index (χ1n) is 5.65. The van der Waals surface area contributed by atoms with Gasteiger partial charge < -0.3 is 10.7 Å². The molecular weight excluding hydrogens is 224 g/mol. The fourth-order valence-corrected chi connectivity index (χ4v) is 1.77. The molecule has 0 aliphatic heterocycles. The minimum atomic E-state index is 0.703. The van der Waals surface area contributed by atoms with Gasteiger partial charge in [0.2, 0.25) is 0 Å². The van der Waals surface area contributed by atoms with Crippen molar-refractivity contribution in [3.8, 4) is 22.6 Å². The summed E-state index contributed by atoms with van der Waals surface area (Å²) < 4.78 is 0. The van der Waals surface area contributed by atoms with Crippen molar-refractivity contribution in [2.24, 2.45) is 0 Å². The third kappa shape index (κ3) is 1.96. The summed E-state index contributed by atoms with van der Waals surface area (Å²) in [5.74, 6) is 0.703. The van der Waals surface area contributed by atoms with Crippen LogP contribution in [0.4, 0.5) is 5.69 Å². The van der Waals surface area contributed by atoms with E-state index in [2.05, 4.69) is 15.0 Å². The smallest absolute Gasteiger partial charge is 0.159 e. The maximum Gasteiger partial charge on any atom is 0.159 e. The number of nitrogen functional groups attached to an aromatic ring is 1. The Morgan fingerprint density at radius 2 is 1.78 bits per heavy atom. The molecule has 0 spiro atoms. The van der Waals surface area contributed by atoms with Crippen LogP contribution in [0, 0.1) is 0 Å². The van der Waals surface area contributed by atoms with Gasteiger partial charge in [0.25, 0.3) is 0 Å². The number of hydrogen-bond acceptors (Lipinski definition) is 3. The lowest BCUT2D eigenvalue weighted by molar-refractivity contribution is 1.18. The van der Waals surface area contributed by atoms with Gasteiger partial charge in [-0.3, -0.25) is 0 Å². The van der Waals surface area contributed by atoms with E-state index in [1.807, 2.05) is 48.8 Å². The Bertz CT molecular complexity index is 642. The first-order valence-corrected chi connectivity index (χ1v) is 5.65. The number of nitrogens with two attached hydrogens (primary N) is 1. The minimum Gasteiger partial charge on any atom is -0.399 e. The van der Waals surface area contributed by atoms with Crippen molar-refractivity contribution >= 4 is 5.69 Å². The van der Waals surface area contributed by atoms with Gasteiger partial charge in [0, 0.05) is 35.4 Å².